The van der Waals surface area contributed by atoms with Crippen LogP contribution in [0, 0.1) is 5.92 Å². The van der Waals surface area contributed by atoms with Crippen LogP contribution in [0.4, 0.5) is 0 Å². The fourth-order valence-electron chi connectivity index (χ4n) is 2.71. The SMILES string of the molecule is C.CCC(=O)c1ccc(OCCCN2CCC(C)CC2)cc1. The topological polar surface area (TPSA) is 29.5 Å². The first-order valence-electron chi connectivity index (χ1n) is 8.17. The van der Waals surface area contributed by atoms with Crippen molar-refractivity contribution in [1.29, 1.82) is 0 Å². The molecule has 22 heavy (non-hydrogen) atoms. The molecule has 0 radical (unpaired) electrons. The van der Waals surface area contributed by atoms with Gasteiger partial charge in [-0.25, -0.2) is 0 Å². The van der Waals surface area contributed by atoms with Crippen LogP contribution < -0.4 is 4.74 Å². The summed E-state index contributed by atoms with van der Waals surface area (Å²) in [6.07, 6.45) is 4.26. The lowest BCUT2D eigenvalue weighted by atomic mass is 9.99. The summed E-state index contributed by atoms with van der Waals surface area (Å²) in [6.45, 7) is 8.55. The maximum Gasteiger partial charge on any atom is 0.162 e. The van der Waals surface area contributed by atoms with Gasteiger partial charge in [-0.05, 0) is 62.5 Å². The Hall–Kier alpha value is -1.35. The standard InChI is InChI=1S/C18H27NO2.CH4/c1-3-18(20)16-5-7-17(8-6-16)21-14-4-11-19-12-9-15(2)10-13-19;/h5-8,15H,3-4,9-14H2,1-2H3;1H4. The first kappa shape index (κ1) is 18.7. The molecule has 1 aliphatic rings. The van der Waals surface area contributed by atoms with E-state index in [2.05, 4.69) is 11.8 Å². The molecular weight excluding hydrogens is 274 g/mol. The third-order valence-corrected chi connectivity index (χ3v) is 4.26. The van der Waals surface area contributed by atoms with E-state index in [4.69, 9.17) is 4.74 Å². The van der Waals surface area contributed by atoms with Crippen molar-refractivity contribution in [1.82, 2.24) is 4.90 Å². The van der Waals surface area contributed by atoms with Crippen molar-refractivity contribution in [3.05, 3.63) is 29.8 Å². The van der Waals surface area contributed by atoms with Gasteiger partial charge in [0.05, 0.1) is 6.61 Å². The molecule has 0 spiro atoms. The van der Waals surface area contributed by atoms with Crippen LogP contribution in [0.5, 0.6) is 5.75 Å². The summed E-state index contributed by atoms with van der Waals surface area (Å²) in [6, 6.07) is 7.50. The Morgan fingerprint density at radius 2 is 1.86 bits per heavy atom. The first-order chi connectivity index (χ1) is 10.2. The minimum atomic E-state index is 0. The molecule has 3 nitrogen and oxygen atoms in total. The third kappa shape index (κ3) is 5.80. The average molecular weight is 305 g/mol. The van der Waals surface area contributed by atoms with Crippen molar-refractivity contribution in [2.24, 2.45) is 5.92 Å². The molecule has 1 aromatic rings. The number of benzene rings is 1. The second-order valence-electron chi connectivity index (χ2n) is 6.03. The largest absolute Gasteiger partial charge is 0.494 e. The summed E-state index contributed by atoms with van der Waals surface area (Å²) in [5.74, 6) is 1.93. The summed E-state index contributed by atoms with van der Waals surface area (Å²) in [5.41, 5.74) is 0.771. The van der Waals surface area contributed by atoms with Crippen LogP contribution in [0.15, 0.2) is 24.3 Å². The summed E-state index contributed by atoms with van der Waals surface area (Å²) < 4.78 is 5.75. The van der Waals surface area contributed by atoms with Gasteiger partial charge in [-0.15, -0.1) is 0 Å². The normalized spacial score (nSPS) is 16.1. The zero-order valence-electron chi connectivity index (χ0n) is 13.3. The Morgan fingerprint density at radius 3 is 2.45 bits per heavy atom. The molecule has 0 unspecified atom stereocenters. The van der Waals surface area contributed by atoms with E-state index in [9.17, 15) is 4.79 Å². The summed E-state index contributed by atoms with van der Waals surface area (Å²) >= 11 is 0. The highest BCUT2D eigenvalue weighted by Gasteiger charge is 2.14. The molecule has 1 aliphatic heterocycles. The lowest BCUT2D eigenvalue weighted by Gasteiger charge is -2.30. The Morgan fingerprint density at radius 1 is 1.23 bits per heavy atom. The van der Waals surface area contributed by atoms with E-state index in [1.807, 2.05) is 31.2 Å². The zero-order valence-corrected chi connectivity index (χ0v) is 13.3. The maximum absolute atomic E-state index is 11.5. The predicted octanol–water partition coefficient (Wildman–Crippen LogP) is 4.42. The Balaban J connectivity index is 0.00000242. The van der Waals surface area contributed by atoms with E-state index < -0.39 is 0 Å². The van der Waals surface area contributed by atoms with E-state index in [1.165, 1.54) is 25.9 Å². The summed E-state index contributed by atoms with van der Waals surface area (Å²) in [7, 11) is 0. The van der Waals surface area contributed by atoms with Gasteiger partial charge in [0, 0.05) is 18.5 Å². The van der Waals surface area contributed by atoms with Crippen molar-refractivity contribution in [3.8, 4) is 5.75 Å². The van der Waals surface area contributed by atoms with Crippen molar-refractivity contribution >= 4 is 5.78 Å². The molecule has 0 aliphatic carbocycles. The Labute approximate surface area is 135 Å². The van der Waals surface area contributed by atoms with Crippen LogP contribution in [0.3, 0.4) is 0 Å². The lowest BCUT2D eigenvalue weighted by molar-refractivity contribution is 0.0988. The average Bonchev–Trinajstić information content (AvgIpc) is 2.53. The second-order valence-corrected chi connectivity index (χ2v) is 6.03. The number of Topliss-reactive ketones (excluding diaryl/α,β-unsaturated/α-hetero) is 1. The van der Waals surface area contributed by atoms with Gasteiger partial charge in [-0.1, -0.05) is 21.3 Å². The molecule has 3 heteroatoms. The highest BCUT2D eigenvalue weighted by Crippen LogP contribution is 2.16. The molecule has 1 saturated heterocycles. The highest BCUT2D eigenvalue weighted by atomic mass is 16.5. The van der Waals surface area contributed by atoms with Crippen LogP contribution in [-0.2, 0) is 0 Å². The van der Waals surface area contributed by atoms with Gasteiger partial charge in [0.2, 0.25) is 0 Å². The van der Waals surface area contributed by atoms with Crippen molar-refractivity contribution in [2.45, 2.75) is 47.0 Å². The third-order valence-electron chi connectivity index (χ3n) is 4.26. The van der Waals surface area contributed by atoms with Crippen LogP contribution in [0.25, 0.3) is 0 Å². The summed E-state index contributed by atoms with van der Waals surface area (Å²) in [5, 5.41) is 0. The number of ketones is 1. The van der Waals surface area contributed by atoms with E-state index in [0.29, 0.717) is 6.42 Å². The van der Waals surface area contributed by atoms with Gasteiger partial charge in [0.1, 0.15) is 5.75 Å². The monoisotopic (exact) mass is 305 g/mol. The van der Waals surface area contributed by atoms with Crippen molar-refractivity contribution in [3.63, 3.8) is 0 Å². The lowest BCUT2D eigenvalue weighted by Crippen LogP contribution is -2.34. The number of rotatable bonds is 7. The van der Waals surface area contributed by atoms with Gasteiger partial charge in [-0.3, -0.25) is 4.79 Å². The second kappa shape index (κ2) is 9.62. The van der Waals surface area contributed by atoms with E-state index in [1.54, 1.807) is 0 Å². The molecule has 0 bridgehead atoms. The minimum absolute atomic E-state index is 0. The molecule has 0 atom stereocenters. The quantitative estimate of drug-likeness (QED) is 0.552. The van der Waals surface area contributed by atoms with Gasteiger partial charge in [0.15, 0.2) is 5.78 Å². The number of nitrogens with zero attached hydrogens (tertiary/aromatic N) is 1. The fourth-order valence-corrected chi connectivity index (χ4v) is 2.71. The number of carbonyl (C=O) groups excluding carboxylic acids is 1. The number of likely N-dealkylation sites (tertiary alicyclic amines) is 1. The Bertz CT molecular complexity index is 433. The predicted molar refractivity (Wildman–Crippen MR) is 92.7 cm³/mol. The fraction of sp³-hybridized carbons (Fsp3) is 0.632. The number of carbonyl (C=O) groups is 1. The van der Waals surface area contributed by atoms with Crippen LogP contribution in [-0.4, -0.2) is 36.9 Å². The highest BCUT2D eigenvalue weighted by molar-refractivity contribution is 5.95. The van der Waals surface area contributed by atoms with E-state index in [-0.39, 0.29) is 13.2 Å². The van der Waals surface area contributed by atoms with E-state index >= 15 is 0 Å². The van der Waals surface area contributed by atoms with Gasteiger partial charge in [0.25, 0.3) is 0 Å². The molecule has 1 fully saturated rings. The van der Waals surface area contributed by atoms with Gasteiger partial charge in [-0.2, -0.15) is 0 Å². The number of ether oxygens (including phenoxy) is 1. The molecule has 0 aromatic heterocycles. The molecule has 1 heterocycles. The Kier molecular flexibility index (Phi) is 8.18. The summed E-state index contributed by atoms with van der Waals surface area (Å²) in [4.78, 5) is 14.1. The zero-order chi connectivity index (χ0) is 15.1. The van der Waals surface area contributed by atoms with Crippen LogP contribution in [0.2, 0.25) is 0 Å². The first-order valence-corrected chi connectivity index (χ1v) is 8.17. The van der Waals surface area contributed by atoms with Crippen molar-refractivity contribution < 1.29 is 9.53 Å². The number of hydrogen-bond donors (Lipinski definition) is 0. The van der Waals surface area contributed by atoms with E-state index in [0.717, 1.165) is 36.8 Å². The van der Waals surface area contributed by atoms with Crippen LogP contribution >= 0.6 is 0 Å². The molecule has 0 saturated carbocycles. The molecule has 1 aromatic carbocycles. The van der Waals surface area contributed by atoms with Gasteiger partial charge < -0.3 is 9.64 Å². The van der Waals surface area contributed by atoms with Crippen molar-refractivity contribution in [2.75, 3.05) is 26.2 Å². The smallest absolute Gasteiger partial charge is 0.162 e. The minimum Gasteiger partial charge on any atom is -0.494 e. The molecule has 0 amide bonds. The van der Waals surface area contributed by atoms with Gasteiger partial charge >= 0.3 is 0 Å². The molecule has 2 rings (SSSR count). The van der Waals surface area contributed by atoms with Crippen LogP contribution in [0.1, 0.15) is 57.3 Å². The number of piperidine rings is 1. The molecular formula is C19H31NO2. The number of hydrogen-bond acceptors (Lipinski definition) is 3. The molecule has 0 N–H and O–H groups in total. The maximum atomic E-state index is 11.5. The molecule has 124 valence electrons.